The number of thiophene rings is 2. The van der Waals surface area contributed by atoms with Crippen LogP contribution in [-0.4, -0.2) is 23.7 Å². The van der Waals surface area contributed by atoms with Gasteiger partial charge >= 0.3 is 0 Å². The third-order valence-electron chi connectivity index (χ3n) is 2.01. The molecule has 0 unspecified atom stereocenters. The van der Waals surface area contributed by atoms with Crippen molar-refractivity contribution in [3.05, 3.63) is 22.4 Å². The summed E-state index contributed by atoms with van der Waals surface area (Å²) >= 11 is 3.11. The van der Waals surface area contributed by atoms with Crippen molar-refractivity contribution in [1.82, 2.24) is 5.32 Å². The zero-order valence-corrected chi connectivity index (χ0v) is 9.82. The van der Waals surface area contributed by atoms with Crippen LogP contribution in [0.3, 0.4) is 0 Å². The molecule has 1 amide bonds. The van der Waals surface area contributed by atoms with Crippen molar-refractivity contribution in [2.24, 2.45) is 0 Å². The summed E-state index contributed by atoms with van der Waals surface area (Å²) in [5.74, 6) is -0.107. The molecule has 3 nitrogen and oxygen atoms in total. The molecule has 2 aromatic heterocycles. The van der Waals surface area contributed by atoms with Gasteiger partial charge in [-0.3, -0.25) is 4.79 Å². The lowest BCUT2D eigenvalue weighted by Crippen LogP contribution is -2.34. The highest BCUT2D eigenvalue weighted by Gasteiger charge is 2.12. The van der Waals surface area contributed by atoms with Crippen molar-refractivity contribution in [1.29, 1.82) is 0 Å². The molecule has 0 aliphatic heterocycles. The van der Waals surface area contributed by atoms with Gasteiger partial charge < -0.3 is 10.4 Å². The van der Waals surface area contributed by atoms with Gasteiger partial charge in [0.15, 0.2) is 0 Å². The van der Waals surface area contributed by atoms with Crippen LogP contribution in [0.2, 0.25) is 0 Å². The van der Waals surface area contributed by atoms with Gasteiger partial charge in [-0.25, -0.2) is 0 Å². The molecule has 2 heterocycles. The molecule has 2 rings (SSSR count). The van der Waals surface area contributed by atoms with Crippen LogP contribution in [0.15, 0.2) is 17.5 Å². The Morgan fingerprint density at radius 2 is 2.40 bits per heavy atom. The highest BCUT2D eigenvalue weighted by Crippen LogP contribution is 2.29. The number of aliphatic hydroxyl groups is 1. The van der Waals surface area contributed by atoms with Crippen molar-refractivity contribution in [2.45, 2.75) is 13.0 Å². The number of carbonyl (C=O) groups is 1. The molecule has 0 aliphatic carbocycles. The number of rotatable bonds is 3. The van der Waals surface area contributed by atoms with Crippen LogP contribution in [0.5, 0.6) is 0 Å². The average Bonchev–Trinajstić information content (AvgIpc) is 2.76. The zero-order chi connectivity index (χ0) is 10.8. The van der Waals surface area contributed by atoms with E-state index in [1.165, 1.54) is 11.3 Å². The predicted molar refractivity (Wildman–Crippen MR) is 63.7 cm³/mol. The smallest absolute Gasteiger partial charge is 0.261 e. The molecule has 0 saturated heterocycles. The van der Waals surface area contributed by atoms with Crippen LogP contribution < -0.4 is 5.32 Å². The van der Waals surface area contributed by atoms with E-state index < -0.39 is 0 Å². The maximum Gasteiger partial charge on any atom is 0.261 e. The van der Waals surface area contributed by atoms with Gasteiger partial charge in [0.2, 0.25) is 0 Å². The molecule has 0 spiro atoms. The highest BCUT2D eigenvalue weighted by molar-refractivity contribution is 7.27. The fraction of sp³-hybridized carbons (Fsp3) is 0.300. The molecule has 1 atom stereocenters. The second kappa shape index (κ2) is 4.30. The second-order valence-corrected chi connectivity index (χ2v) is 5.35. The Kier molecular flexibility index (Phi) is 3.04. The quantitative estimate of drug-likeness (QED) is 0.864. The number of hydrogen-bond acceptors (Lipinski definition) is 4. The van der Waals surface area contributed by atoms with E-state index in [1.807, 2.05) is 17.5 Å². The van der Waals surface area contributed by atoms with Crippen molar-refractivity contribution in [2.75, 3.05) is 6.61 Å². The topological polar surface area (TPSA) is 49.3 Å². The Bertz CT molecular complexity index is 446. The third kappa shape index (κ3) is 2.19. The molecule has 2 N–H and O–H groups in total. The molecule has 0 aromatic carbocycles. The number of amides is 1. The summed E-state index contributed by atoms with van der Waals surface area (Å²) in [5, 5.41) is 13.6. The maximum absolute atomic E-state index is 11.7. The molecule has 0 fully saturated rings. The van der Waals surface area contributed by atoms with Crippen LogP contribution in [0.1, 0.15) is 16.6 Å². The number of fused-ring (bicyclic) bond motifs is 1. The Morgan fingerprint density at radius 1 is 1.60 bits per heavy atom. The molecule has 0 radical (unpaired) electrons. The molecular weight excluding hydrogens is 230 g/mol. The molecular formula is C10H11NO2S2. The summed E-state index contributed by atoms with van der Waals surface area (Å²) in [6.07, 6.45) is 0. The Labute approximate surface area is 95.4 Å². The minimum atomic E-state index is -0.197. The predicted octanol–water partition coefficient (Wildman–Crippen LogP) is 2.07. The largest absolute Gasteiger partial charge is 0.394 e. The minimum absolute atomic E-state index is 0.0362. The molecule has 5 heteroatoms. The van der Waals surface area contributed by atoms with E-state index in [0.717, 1.165) is 9.40 Å². The first-order valence-electron chi connectivity index (χ1n) is 4.59. The maximum atomic E-state index is 11.7. The van der Waals surface area contributed by atoms with E-state index in [1.54, 1.807) is 18.3 Å². The Hall–Kier alpha value is -0.910. The monoisotopic (exact) mass is 241 g/mol. The number of nitrogens with one attached hydrogen (secondary N) is 1. The molecule has 15 heavy (non-hydrogen) atoms. The van der Waals surface area contributed by atoms with Gasteiger partial charge in [-0.1, -0.05) is 0 Å². The number of aliphatic hydroxyl groups excluding tert-OH is 1. The molecule has 2 aromatic rings. The Morgan fingerprint density at radius 3 is 3.07 bits per heavy atom. The summed E-state index contributed by atoms with van der Waals surface area (Å²) in [5.41, 5.74) is 0. The van der Waals surface area contributed by atoms with Gasteiger partial charge in [-0.05, 0) is 24.4 Å². The lowest BCUT2D eigenvalue weighted by Gasteiger charge is -2.08. The van der Waals surface area contributed by atoms with Gasteiger partial charge in [0, 0.05) is 15.4 Å². The summed E-state index contributed by atoms with van der Waals surface area (Å²) in [6.45, 7) is 1.74. The lowest BCUT2D eigenvalue weighted by atomic mass is 10.3. The van der Waals surface area contributed by atoms with Gasteiger partial charge in [0.1, 0.15) is 0 Å². The fourth-order valence-corrected chi connectivity index (χ4v) is 3.23. The summed E-state index contributed by atoms with van der Waals surface area (Å²) in [4.78, 5) is 12.4. The zero-order valence-electron chi connectivity index (χ0n) is 8.19. The molecule has 0 bridgehead atoms. The SMILES string of the molecule is C[C@H](CO)NC(=O)c1cc2sccc2s1. The van der Waals surface area contributed by atoms with Crippen molar-refractivity contribution >= 4 is 38.0 Å². The van der Waals surface area contributed by atoms with Crippen molar-refractivity contribution in [3.63, 3.8) is 0 Å². The minimum Gasteiger partial charge on any atom is -0.394 e. The van der Waals surface area contributed by atoms with Gasteiger partial charge in [0.25, 0.3) is 5.91 Å². The van der Waals surface area contributed by atoms with Gasteiger partial charge in [-0.15, -0.1) is 22.7 Å². The first-order valence-corrected chi connectivity index (χ1v) is 6.29. The molecule has 0 aliphatic rings. The number of carbonyl (C=O) groups excluding carboxylic acids is 1. The standard InChI is InChI=1S/C10H11NO2S2/c1-6(5-12)11-10(13)9-4-8-7(15-9)2-3-14-8/h2-4,6,12H,5H2,1H3,(H,11,13)/t6-/m1/s1. The molecule has 80 valence electrons. The van der Waals surface area contributed by atoms with Crippen LogP contribution in [0.4, 0.5) is 0 Å². The van der Waals surface area contributed by atoms with Crippen molar-refractivity contribution < 1.29 is 9.90 Å². The van der Waals surface area contributed by atoms with E-state index in [0.29, 0.717) is 4.88 Å². The molecule has 0 saturated carbocycles. The first-order chi connectivity index (χ1) is 7.20. The van der Waals surface area contributed by atoms with Gasteiger partial charge in [-0.2, -0.15) is 0 Å². The fourth-order valence-electron chi connectivity index (χ4n) is 1.22. The second-order valence-electron chi connectivity index (χ2n) is 3.32. The Balaban J connectivity index is 2.17. The van der Waals surface area contributed by atoms with Crippen LogP contribution in [-0.2, 0) is 0 Å². The van der Waals surface area contributed by atoms with Crippen LogP contribution >= 0.6 is 22.7 Å². The average molecular weight is 241 g/mol. The summed E-state index contributed by atoms with van der Waals surface area (Å²) < 4.78 is 2.28. The summed E-state index contributed by atoms with van der Waals surface area (Å²) in [7, 11) is 0. The van der Waals surface area contributed by atoms with E-state index in [-0.39, 0.29) is 18.6 Å². The number of hydrogen-bond donors (Lipinski definition) is 2. The van der Waals surface area contributed by atoms with E-state index >= 15 is 0 Å². The normalized spacial score (nSPS) is 12.9. The van der Waals surface area contributed by atoms with Crippen LogP contribution in [0, 0.1) is 0 Å². The first kappa shape index (κ1) is 10.6. The third-order valence-corrected chi connectivity index (χ3v) is 4.11. The van der Waals surface area contributed by atoms with E-state index in [4.69, 9.17) is 5.11 Å². The van der Waals surface area contributed by atoms with E-state index in [9.17, 15) is 4.79 Å². The van der Waals surface area contributed by atoms with Crippen molar-refractivity contribution in [3.8, 4) is 0 Å². The van der Waals surface area contributed by atoms with Gasteiger partial charge in [0.05, 0.1) is 11.5 Å². The lowest BCUT2D eigenvalue weighted by molar-refractivity contribution is 0.0926. The highest BCUT2D eigenvalue weighted by atomic mass is 32.1. The summed E-state index contributed by atoms with van der Waals surface area (Å²) in [6, 6.07) is 3.71. The van der Waals surface area contributed by atoms with Crippen LogP contribution in [0.25, 0.3) is 9.40 Å². The van der Waals surface area contributed by atoms with E-state index in [2.05, 4.69) is 5.32 Å².